The molecule has 0 radical (unpaired) electrons. The number of carbonyl (C=O) groups excluding carboxylic acids is 1. The Hall–Kier alpha value is -1.87. The molecule has 0 amide bonds. The molecule has 2 aliphatic carbocycles. The largest absolute Gasteiger partial charge is 0.405 e. The lowest BCUT2D eigenvalue weighted by atomic mass is 9.92. The predicted molar refractivity (Wildman–Crippen MR) is 142 cm³/mol. The molecule has 0 bridgehead atoms. The van der Waals surface area contributed by atoms with Gasteiger partial charge in [0.1, 0.15) is 5.78 Å². The Labute approximate surface area is 194 Å². The molecule has 0 spiro atoms. The Morgan fingerprint density at radius 2 is 1.71 bits per heavy atom. The Morgan fingerprint density at radius 1 is 1.23 bits per heavy atom. The number of carbonyl (C=O) groups is 1. The molecule has 0 saturated heterocycles. The molecule has 3 N–H and O–H groups in total. The molecule has 0 heterocycles. The summed E-state index contributed by atoms with van der Waals surface area (Å²) >= 11 is 0. The van der Waals surface area contributed by atoms with Crippen LogP contribution in [0, 0.1) is 17.8 Å². The van der Waals surface area contributed by atoms with E-state index in [1.807, 2.05) is 13.0 Å². The minimum atomic E-state index is 0.167. The summed E-state index contributed by atoms with van der Waals surface area (Å²) < 4.78 is 0. The molecule has 3 heteroatoms. The molecule has 31 heavy (non-hydrogen) atoms. The third-order valence-corrected chi connectivity index (χ3v) is 4.02. The molecule has 0 fully saturated rings. The molecule has 0 aromatic carbocycles. The fourth-order valence-corrected chi connectivity index (χ4v) is 2.31. The van der Waals surface area contributed by atoms with E-state index >= 15 is 0 Å². The van der Waals surface area contributed by atoms with Crippen LogP contribution in [0.25, 0.3) is 0 Å². The molecule has 182 valence electrons. The van der Waals surface area contributed by atoms with Crippen molar-refractivity contribution < 1.29 is 9.90 Å². The Morgan fingerprint density at radius 3 is 1.90 bits per heavy atom. The smallest absolute Gasteiger partial charge is 0.126 e. The van der Waals surface area contributed by atoms with Crippen LogP contribution in [0.4, 0.5) is 0 Å². The molecular weight excluding hydrogens is 382 g/mol. The van der Waals surface area contributed by atoms with Crippen molar-refractivity contribution in [2.45, 2.75) is 88.0 Å². The average Bonchev–Trinajstić information content (AvgIpc) is 2.68. The van der Waals surface area contributed by atoms with Crippen molar-refractivity contribution in [2.75, 3.05) is 7.11 Å². The predicted octanol–water partition coefficient (Wildman–Crippen LogP) is 7.79. The third-order valence-electron chi connectivity index (χ3n) is 4.02. The second kappa shape index (κ2) is 28.1. The molecule has 0 aliphatic heterocycles. The summed E-state index contributed by atoms with van der Waals surface area (Å²) in [5.41, 5.74) is 7.99. The van der Waals surface area contributed by atoms with Crippen LogP contribution < -0.4 is 5.73 Å². The Kier molecular flexibility index (Phi) is 33.1. The van der Waals surface area contributed by atoms with Crippen LogP contribution >= 0.6 is 0 Å². The lowest BCUT2D eigenvalue weighted by molar-refractivity contribution is -0.114. The van der Waals surface area contributed by atoms with E-state index in [1.165, 1.54) is 50.7 Å². The zero-order chi connectivity index (χ0) is 25.2. The molecule has 0 unspecified atom stereocenters. The number of aliphatic hydroxyl groups excluding tert-OH is 1. The van der Waals surface area contributed by atoms with Crippen LogP contribution in [0.15, 0.2) is 60.4 Å². The van der Waals surface area contributed by atoms with E-state index < -0.39 is 0 Å². The third kappa shape index (κ3) is 39.2. The van der Waals surface area contributed by atoms with Crippen molar-refractivity contribution in [1.29, 1.82) is 0 Å². The Bertz CT molecular complexity index is 521. The van der Waals surface area contributed by atoms with Crippen LogP contribution in [0.2, 0.25) is 0 Å². The van der Waals surface area contributed by atoms with Gasteiger partial charge < -0.3 is 15.6 Å². The average molecular weight is 436 g/mol. The highest BCUT2D eigenvalue weighted by Gasteiger charge is 2.05. The fraction of sp³-hybridized carbons (Fsp3) is 0.607. The van der Waals surface area contributed by atoms with Gasteiger partial charge in [0.2, 0.25) is 0 Å². The number of ketones is 1. The standard InChI is InChI=1S/C9H14.C7H12.C5H11N.C3H6O.C3H6.CH4O/c1-7-4-5-8(2)9(3)6-7;1-7-5-3-2-4-6-7;1-5(2)3-4-6;1-3(2)4;1-3-2;1-2/h4,6,8H,5H2,1-3H3;3,5,7H,2,4,6H2,1H3;3-5H,6H2,1-2H3;1-2H3;3H,1H2,2H3;2H,1H3/b;;4-3-;;;/t8-;7-;;;;/m10..../s1. The first-order chi connectivity index (χ1) is 14.5. The summed E-state index contributed by atoms with van der Waals surface area (Å²) in [7, 11) is 1.00. The van der Waals surface area contributed by atoms with Crippen molar-refractivity contribution in [1.82, 2.24) is 0 Å². The Balaban J connectivity index is -0.000000151. The zero-order valence-corrected chi connectivity index (χ0v) is 22.2. The SMILES string of the molecule is C=CC.CC(C)/C=C\N.CC(C)=O.CC1=CC[C@@H](C)C(C)=C1.CO.C[C@H]1C=CCCC1. The van der Waals surface area contributed by atoms with Crippen molar-refractivity contribution in [3.63, 3.8) is 0 Å². The summed E-state index contributed by atoms with van der Waals surface area (Å²) in [6.07, 6.45) is 19.8. The van der Waals surface area contributed by atoms with Gasteiger partial charge in [0.25, 0.3) is 0 Å². The number of hydrogen-bond donors (Lipinski definition) is 2. The molecule has 2 rings (SSSR count). The summed E-state index contributed by atoms with van der Waals surface area (Å²) in [6, 6.07) is 0. The van der Waals surface area contributed by atoms with Crippen LogP contribution in [0.5, 0.6) is 0 Å². The molecule has 0 aromatic heterocycles. The van der Waals surface area contributed by atoms with E-state index in [0.717, 1.165) is 18.9 Å². The van der Waals surface area contributed by atoms with Gasteiger partial charge in [0.15, 0.2) is 0 Å². The highest BCUT2D eigenvalue weighted by atomic mass is 16.2. The maximum absolute atomic E-state index is 9.44. The van der Waals surface area contributed by atoms with E-state index in [-0.39, 0.29) is 5.78 Å². The van der Waals surface area contributed by atoms with Gasteiger partial charge in [-0.3, -0.25) is 0 Å². The van der Waals surface area contributed by atoms with Crippen molar-refractivity contribution in [3.05, 3.63) is 60.4 Å². The first-order valence-electron chi connectivity index (χ1n) is 11.4. The number of allylic oxidation sites excluding steroid dienone is 8. The summed E-state index contributed by atoms with van der Waals surface area (Å²) in [5.74, 6) is 2.39. The number of nitrogens with two attached hydrogens (primary N) is 1. The van der Waals surface area contributed by atoms with E-state index in [2.05, 4.69) is 72.4 Å². The van der Waals surface area contributed by atoms with Crippen molar-refractivity contribution >= 4 is 5.78 Å². The topological polar surface area (TPSA) is 63.3 Å². The fourth-order valence-electron chi connectivity index (χ4n) is 2.31. The van der Waals surface area contributed by atoms with Gasteiger partial charge in [-0.05, 0) is 84.3 Å². The van der Waals surface area contributed by atoms with Gasteiger partial charge in [-0.2, -0.15) is 0 Å². The zero-order valence-electron chi connectivity index (χ0n) is 22.2. The van der Waals surface area contributed by atoms with Crippen LogP contribution in [-0.2, 0) is 4.79 Å². The van der Waals surface area contributed by atoms with Gasteiger partial charge in [0, 0.05) is 7.11 Å². The first kappa shape index (κ1) is 36.5. The number of rotatable bonds is 1. The van der Waals surface area contributed by atoms with E-state index in [9.17, 15) is 4.79 Å². The lowest BCUT2D eigenvalue weighted by Crippen LogP contribution is -1.99. The van der Waals surface area contributed by atoms with Crippen molar-refractivity contribution in [3.8, 4) is 0 Å². The second-order valence-electron chi connectivity index (χ2n) is 8.25. The highest BCUT2D eigenvalue weighted by molar-refractivity contribution is 5.72. The quantitative estimate of drug-likeness (QED) is 0.413. The second-order valence-corrected chi connectivity index (χ2v) is 8.25. The molecule has 0 aromatic rings. The van der Waals surface area contributed by atoms with Gasteiger partial charge >= 0.3 is 0 Å². The molecule has 2 atom stereocenters. The highest BCUT2D eigenvalue weighted by Crippen LogP contribution is 2.22. The van der Waals surface area contributed by atoms with Gasteiger partial charge in [0.05, 0.1) is 0 Å². The number of hydrogen-bond acceptors (Lipinski definition) is 3. The summed E-state index contributed by atoms with van der Waals surface area (Å²) in [5, 5.41) is 7.00. The van der Waals surface area contributed by atoms with Gasteiger partial charge in [-0.25, -0.2) is 0 Å². The normalized spacial score (nSPS) is 18.5. The van der Waals surface area contributed by atoms with Crippen molar-refractivity contribution in [2.24, 2.45) is 23.5 Å². The van der Waals surface area contributed by atoms with Crippen LogP contribution in [-0.4, -0.2) is 18.0 Å². The van der Waals surface area contributed by atoms with E-state index in [4.69, 9.17) is 10.8 Å². The van der Waals surface area contributed by atoms with E-state index in [1.54, 1.807) is 12.3 Å². The van der Waals surface area contributed by atoms with Gasteiger partial charge in [-0.15, -0.1) is 6.58 Å². The lowest BCUT2D eigenvalue weighted by Gasteiger charge is -2.14. The summed E-state index contributed by atoms with van der Waals surface area (Å²) in [6.45, 7) is 21.4. The van der Waals surface area contributed by atoms with E-state index in [0.29, 0.717) is 5.92 Å². The summed E-state index contributed by atoms with van der Waals surface area (Å²) in [4.78, 5) is 9.44. The minimum absolute atomic E-state index is 0.167. The van der Waals surface area contributed by atoms with Crippen LogP contribution in [0.1, 0.15) is 88.0 Å². The number of aliphatic hydroxyl groups is 1. The monoisotopic (exact) mass is 435 g/mol. The van der Waals surface area contributed by atoms with Gasteiger partial charge in [-0.1, -0.05) is 75.3 Å². The molecule has 3 nitrogen and oxygen atoms in total. The maximum atomic E-state index is 9.44. The maximum Gasteiger partial charge on any atom is 0.126 e. The minimum Gasteiger partial charge on any atom is -0.405 e. The van der Waals surface area contributed by atoms with Crippen LogP contribution in [0.3, 0.4) is 0 Å². The molecule has 0 saturated carbocycles. The molecule has 2 aliphatic rings. The molecular formula is C28H53NO2. The first-order valence-corrected chi connectivity index (χ1v) is 11.4. The number of Topliss-reactive ketones (excluding diaryl/α,β-unsaturated/α-hetero) is 1.